The van der Waals surface area contributed by atoms with Crippen LogP contribution in [0.1, 0.15) is 42.4 Å². The van der Waals surface area contributed by atoms with Gasteiger partial charge < -0.3 is 20.0 Å². The fourth-order valence-corrected chi connectivity index (χ4v) is 5.37. The number of oxazole rings is 1. The van der Waals surface area contributed by atoms with Gasteiger partial charge in [0, 0.05) is 29.2 Å². The molecule has 4 aromatic rings. The van der Waals surface area contributed by atoms with E-state index in [-0.39, 0.29) is 0 Å². The first-order valence-electron chi connectivity index (χ1n) is 12.5. The molecule has 2 aliphatic rings. The Kier molecular flexibility index (Phi) is 5.74. The lowest BCUT2D eigenvalue weighted by atomic mass is 10.0. The normalized spacial score (nSPS) is 18.4. The second kappa shape index (κ2) is 9.19. The lowest BCUT2D eigenvalue weighted by Crippen LogP contribution is -2.32. The minimum Gasteiger partial charge on any atom is -0.408 e. The van der Waals surface area contributed by atoms with Gasteiger partial charge in [-0.3, -0.25) is 4.98 Å². The van der Waals surface area contributed by atoms with Gasteiger partial charge in [0.25, 0.3) is 0 Å². The number of likely N-dealkylation sites (tertiary alicyclic amines) is 1. The molecule has 3 heterocycles. The zero-order chi connectivity index (χ0) is 23.8. The van der Waals surface area contributed by atoms with Gasteiger partial charge in [0.05, 0.1) is 5.52 Å². The Bertz CT molecular complexity index is 1420. The highest BCUT2D eigenvalue weighted by Gasteiger charge is 2.24. The molecule has 35 heavy (non-hydrogen) atoms. The minimum atomic E-state index is -0.464. The number of nitrogens with zero attached hydrogens (tertiary/aromatic N) is 3. The summed E-state index contributed by atoms with van der Waals surface area (Å²) in [6.07, 6.45) is 9.27. The van der Waals surface area contributed by atoms with Crippen molar-refractivity contribution in [2.24, 2.45) is 0 Å². The first kappa shape index (κ1) is 21.9. The van der Waals surface area contributed by atoms with E-state index in [4.69, 9.17) is 9.40 Å². The Morgan fingerprint density at radius 2 is 1.77 bits per heavy atom. The van der Waals surface area contributed by atoms with E-state index in [0.29, 0.717) is 22.9 Å². The molecule has 1 fully saturated rings. The molecule has 3 N–H and O–H groups in total. The molecule has 1 unspecified atom stereocenters. The zero-order valence-corrected chi connectivity index (χ0v) is 19.9. The van der Waals surface area contributed by atoms with Gasteiger partial charge >= 0.3 is 5.76 Å². The summed E-state index contributed by atoms with van der Waals surface area (Å²) in [5.41, 5.74) is 6.81. The Morgan fingerprint density at radius 1 is 1.00 bits per heavy atom. The molecule has 1 aliphatic carbocycles. The number of fused-ring (bicyclic) bond motifs is 2. The summed E-state index contributed by atoms with van der Waals surface area (Å²) in [7, 11) is 0. The van der Waals surface area contributed by atoms with Crippen molar-refractivity contribution in [3.63, 3.8) is 0 Å². The van der Waals surface area contributed by atoms with E-state index in [9.17, 15) is 4.79 Å². The Balaban J connectivity index is 1.18. The molecule has 2 aromatic heterocycles. The van der Waals surface area contributed by atoms with Crippen LogP contribution < -0.4 is 16.4 Å². The van der Waals surface area contributed by atoms with Crippen LogP contribution in [0.15, 0.2) is 51.8 Å². The number of H-pyrrole nitrogens is 1. The van der Waals surface area contributed by atoms with Crippen LogP contribution >= 0.6 is 0 Å². The highest BCUT2D eigenvalue weighted by atomic mass is 16.4. The second-order valence-corrected chi connectivity index (χ2v) is 9.66. The standard InChI is InChI=1S/C27H30N6O2/c1-17-16-28-26(32-25(17)29-21-8-11-24-23(15-21)31-27(34)35-24)30-20-7-4-18-5-9-22(10-6-19(18)14-20)33-12-2-3-13-33/h4,7-8,11,14-16,22H,2-3,5-6,9-10,12-13H2,1H3,(H,31,34)(H2,28,29,30,32). The lowest BCUT2D eigenvalue weighted by molar-refractivity contribution is 0.222. The molecular formula is C27H30N6O2. The first-order valence-corrected chi connectivity index (χ1v) is 12.5. The van der Waals surface area contributed by atoms with E-state index < -0.39 is 5.76 Å². The van der Waals surface area contributed by atoms with Crippen LogP contribution in [-0.4, -0.2) is 39.0 Å². The smallest absolute Gasteiger partial charge is 0.408 e. The molecule has 1 atom stereocenters. The monoisotopic (exact) mass is 470 g/mol. The molecule has 1 aliphatic heterocycles. The summed E-state index contributed by atoms with van der Waals surface area (Å²) in [6.45, 7) is 4.50. The zero-order valence-electron chi connectivity index (χ0n) is 19.9. The predicted molar refractivity (Wildman–Crippen MR) is 138 cm³/mol. The molecule has 0 spiro atoms. The Morgan fingerprint density at radius 3 is 2.63 bits per heavy atom. The Hall–Kier alpha value is -3.65. The number of anilines is 4. The van der Waals surface area contributed by atoms with E-state index in [1.165, 1.54) is 49.9 Å². The SMILES string of the molecule is Cc1cnc(Nc2ccc3c(c2)CCC(N2CCCC2)CC3)nc1Nc1ccc2oc(=O)[nH]c2c1. The summed E-state index contributed by atoms with van der Waals surface area (Å²) in [4.78, 5) is 26.0. The number of aromatic nitrogens is 3. The molecule has 0 saturated carbocycles. The van der Waals surface area contributed by atoms with Gasteiger partial charge in [0.2, 0.25) is 5.95 Å². The van der Waals surface area contributed by atoms with Crippen LogP contribution in [0.25, 0.3) is 11.1 Å². The molecule has 8 nitrogen and oxygen atoms in total. The molecule has 2 aromatic carbocycles. The van der Waals surface area contributed by atoms with Gasteiger partial charge in [-0.05, 0) is 100.0 Å². The summed E-state index contributed by atoms with van der Waals surface area (Å²) in [5, 5.41) is 6.72. The van der Waals surface area contributed by atoms with E-state index >= 15 is 0 Å². The van der Waals surface area contributed by atoms with E-state index in [0.717, 1.165) is 35.8 Å². The van der Waals surface area contributed by atoms with Crippen LogP contribution in [0.3, 0.4) is 0 Å². The van der Waals surface area contributed by atoms with Crippen LogP contribution in [0, 0.1) is 6.92 Å². The number of hydrogen-bond donors (Lipinski definition) is 3. The minimum absolute atomic E-state index is 0.464. The summed E-state index contributed by atoms with van der Waals surface area (Å²) in [5.74, 6) is 0.782. The van der Waals surface area contributed by atoms with Crippen LogP contribution in [-0.2, 0) is 12.8 Å². The van der Waals surface area contributed by atoms with Crippen molar-refractivity contribution in [3.8, 4) is 0 Å². The number of nitrogens with one attached hydrogen (secondary N) is 3. The maximum atomic E-state index is 11.4. The molecule has 6 rings (SSSR count). The fourth-order valence-electron chi connectivity index (χ4n) is 5.37. The van der Waals surface area contributed by atoms with Crippen LogP contribution in [0.2, 0.25) is 0 Å². The third-order valence-electron chi connectivity index (χ3n) is 7.27. The summed E-state index contributed by atoms with van der Waals surface area (Å²) >= 11 is 0. The molecule has 0 bridgehead atoms. The van der Waals surface area contributed by atoms with Crippen LogP contribution in [0.5, 0.6) is 0 Å². The summed E-state index contributed by atoms with van der Waals surface area (Å²) < 4.78 is 5.08. The average Bonchev–Trinajstić information content (AvgIpc) is 3.46. The van der Waals surface area contributed by atoms with E-state index in [2.05, 4.69) is 43.7 Å². The maximum Gasteiger partial charge on any atom is 0.417 e. The second-order valence-electron chi connectivity index (χ2n) is 9.66. The number of rotatable bonds is 5. The van der Waals surface area contributed by atoms with Gasteiger partial charge in [-0.1, -0.05) is 6.07 Å². The third-order valence-corrected chi connectivity index (χ3v) is 7.27. The van der Waals surface area contributed by atoms with Crippen molar-refractivity contribution >= 4 is 34.2 Å². The number of hydrogen-bond acceptors (Lipinski definition) is 7. The van der Waals surface area contributed by atoms with E-state index in [1.54, 1.807) is 12.3 Å². The van der Waals surface area contributed by atoms with E-state index in [1.807, 2.05) is 19.1 Å². The Labute approximate surface area is 203 Å². The quantitative estimate of drug-likeness (QED) is 0.351. The molecule has 0 amide bonds. The average molecular weight is 471 g/mol. The molecule has 1 saturated heterocycles. The van der Waals surface area contributed by atoms with Crippen molar-refractivity contribution < 1.29 is 4.42 Å². The maximum absolute atomic E-state index is 11.4. The first-order chi connectivity index (χ1) is 17.1. The predicted octanol–water partition coefficient (Wildman–Crippen LogP) is 5.05. The van der Waals surface area contributed by atoms with Crippen molar-refractivity contribution in [2.45, 2.75) is 51.5 Å². The highest BCUT2D eigenvalue weighted by molar-refractivity contribution is 5.78. The van der Waals surface area contributed by atoms with Gasteiger partial charge in [0.15, 0.2) is 5.58 Å². The van der Waals surface area contributed by atoms with Gasteiger partial charge in [-0.2, -0.15) is 4.98 Å². The van der Waals surface area contributed by atoms with Crippen LogP contribution in [0.4, 0.5) is 23.1 Å². The fraction of sp³-hybridized carbons (Fsp3) is 0.370. The van der Waals surface area contributed by atoms with Gasteiger partial charge in [0.1, 0.15) is 5.82 Å². The molecule has 8 heteroatoms. The van der Waals surface area contributed by atoms with Crippen molar-refractivity contribution in [2.75, 3.05) is 23.7 Å². The number of aromatic amines is 1. The number of aryl methyl sites for hydroxylation is 3. The molecule has 180 valence electrons. The van der Waals surface area contributed by atoms with Crippen molar-refractivity contribution in [1.82, 2.24) is 19.9 Å². The molecular weight excluding hydrogens is 440 g/mol. The van der Waals surface area contributed by atoms with Crippen molar-refractivity contribution in [1.29, 1.82) is 0 Å². The third kappa shape index (κ3) is 4.66. The molecule has 0 radical (unpaired) electrons. The van der Waals surface area contributed by atoms with Gasteiger partial charge in [-0.25, -0.2) is 9.78 Å². The topological polar surface area (TPSA) is 99.1 Å². The van der Waals surface area contributed by atoms with Gasteiger partial charge in [-0.15, -0.1) is 0 Å². The highest BCUT2D eigenvalue weighted by Crippen LogP contribution is 2.29. The lowest BCUT2D eigenvalue weighted by Gasteiger charge is -2.25. The van der Waals surface area contributed by atoms with Crippen molar-refractivity contribution in [3.05, 3.63) is 69.8 Å². The largest absolute Gasteiger partial charge is 0.417 e. The summed E-state index contributed by atoms with van der Waals surface area (Å²) in [6, 6.07) is 12.8. The number of benzene rings is 2.